The minimum Gasteiger partial charge on any atom is -0.355 e. The number of hydrogen-bond donors (Lipinski definition) is 3. The van der Waals surface area contributed by atoms with Gasteiger partial charge in [-0.1, -0.05) is 0 Å². The number of hydrogen-bond acceptors (Lipinski definition) is 3. The van der Waals surface area contributed by atoms with Crippen molar-refractivity contribution in [2.75, 3.05) is 0 Å². The molecule has 2 aromatic heterocycles. The number of aromatic nitrogens is 4. The Balaban J connectivity index is 2.03. The highest BCUT2D eigenvalue weighted by Crippen LogP contribution is 2.07. The molecule has 0 spiro atoms. The van der Waals surface area contributed by atoms with Crippen LogP contribution in [0.2, 0.25) is 0 Å². The number of aromatic amines is 2. The van der Waals surface area contributed by atoms with E-state index in [0.29, 0.717) is 5.82 Å². The van der Waals surface area contributed by atoms with E-state index in [1.54, 1.807) is 6.92 Å². The third kappa shape index (κ3) is 2.08. The lowest BCUT2D eigenvalue weighted by Gasteiger charge is -2.09. The van der Waals surface area contributed by atoms with Crippen molar-refractivity contribution in [2.45, 2.75) is 13.0 Å². The molecule has 0 radical (unpaired) electrons. The van der Waals surface area contributed by atoms with Crippen LogP contribution in [-0.4, -0.2) is 26.1 Å². The lowest BCUT2D eigenvalue weighted by Crippen LogP contribution is -2.27. The zero-order chi connectivity index (χ0) is 11.5. The van der Waals surface area contributed by atoms with Crippen LogP contribution in [0.4, 0.5) is 4.39 Å². The Kier molecular flexibility index (Phi) is 2.67. The molecule has 16 heavy (non-hydrogen) atoms. The van der Waals surface area contributed by atoms with E-state index < -0.39 is 11.7 Å². The second-order valence-electron chi connectivity index (χ2n) is 3.30. The van der Waals surface area contributed by atoms with Crippen molar-refractivity contribution >= 4 is 5.91 Å². The van der Waals surface area contributed by atoms with Crippen LogP contribution in [0.3, 0.4) is 0 Å². The fourth-order valence-corrected chi connectivity index (χ4v) is 1.27. The van der Waals surface area contributed by atoms with Gasteiger partial charge in [0.2, 0.25) is 0 Å². The van der Waals surface area contributed by atoms with Gasteiger partial charge in [0.25, 0.3) is 5.91 Å². The van der Waals surface area contributed by atoms with E-state index in [2.05, 4.69) is 25.5 Å². The van der Waals surface area contributed by atoms with Crippen LogP contribution in [-0.2, 0) is 0 Å². The minimum atomic E-state index is -0.475. The summed E-state index contributed by atoms with van der Waals surface area (Å²) in [5.41, 5.74) is 0.170. The van der Waals surface area contributed by atoms with Gasteiger partial charge in [-0.2, -0.15) is 5.10 Å². The maximum absolute atomic E-state index is 12.7. The van der Waals surface area contributed by atoms with Crippen LogP contribution in [0.15, 0.2) is 18.6 Å². The fraction of sp³-hybridized carbons (Fsp3) is 0.222. The van der Waals surface area contributed by atoms with Crippen LogP contribution >= 0.6 is 0 Å². The first kappa shape index (κ1) is 10.3. The third-order valence-electron chi connectivity index (χ3n) is 2.08. The SMILES string of the molecule is CC(NC(=O)c1cc(F)c[nH]1)c1ncn[nH]1. The molecule has 0 saturated carbocycles. The molecule has 6 nitrogen and oxygen atoms in total. The summed E-state index contributed by atoms with van der Waals surface area (Å²) in [5, 5.41) is 8.95. The predicted molar refractivity (Wildman–Crippen MR) is 53.0 cm³/mol. The highest BCUT2D eigenvalue weighted by molar-refractivity contribution is 5.92. The molecular formula is C9H10FN5O. The number of H-pyrrole nitrogens is 2. The molecule has 1 unspecified atom stereocenters. The third-order valence-corrected chi connectivity index (χ3v) is 2.08. The van der Waals surface area contributed by atoms with E-state index in [-0.39, 0.29) is 11.7 Å². The highest BCUT2D eigenvalue weighted by atomic mass is 19.1. The normalized spacial score (nSPS) is 12.4. The Labute approximate surface area is 90.3 Å². The molecule has 1 amide bonds. The first-order chi connectivity index (χ1) is 7.66. The van der Waals surface area contributed by atoms with Gasteiger partial charge in [0, 0.05) is 12.3 Å². The Hall–Kier alpha value is -2.18. The summed E-state index contributed by atoms with van der Waals surface area (Å²) in [5.74, 6) is -0.328. The van der Waals surface area contributed by atoms with Gasteiger partial charge in [-0.25, -0.2) is 9.37 Å². The second kappa shape index (κ2) is 4.13. The van der Waals surface area contributed by atoms with Crippen molar-refractivity contribution in [3.05, 3.63) is 35.9 Å². The topological polar surface area (TPSA) is 86.5 Å². The molecule has 2 rings (SSSR count). The molecular weight excluding hydrogens is 213 g/mol. The molecule has 7 heteroatoms. The zero-order valence-electron chi connectivity index (χ0n) is 8.49. The Morgan fingerprint density at radius 3 is 3.00 bits per heavy atom. The number of carbonyl (C=O) groups is 1. The van der Waals surface area contributed by atoms with Crippen LogP contribution in [0, 0.1) is 5.82 Å². The van der Waals surface area contributed by atoms with E-state index in [1.165, 1.54) is 6.33 Å². The van der Waals surface area contributed by atoms with Crippen molar-refractivity contribution in [3.8, 4) is 0 Å². The summed E-state index contributed by atoms with van der Waals surface area (Å²) in [4.78, 5) is 18.0. The largest absolute Gasteiger partial charge is 0.355 e. The minimum absolute atomic E-state index is 0.170. The molecule has 0 aliphatic heterocycles. The Bertz CT molecular complexity index is 478. The van der Waals surface area contributed by atoms with Crippen molar-refractivity contribution < 1.29 is 9.18 Å². The first-order valence-electron chi connectivity index (χ1n) is 4.67. The van der Waals surface area contributed by atoms with E-state index >= 15 is 0 Å². The quantitative estimate of drug-likeness (QED) is 0.718. The van der Waals surface area contributed by atoms with Crippen LogP contribution in [0.25, 0.3) is 0 Å². The summed E-state index contributed by atoms with van der Waals surface area (Å²) in [6.45, 7) is 1.75. The number of nitrogens with one attached hydrogen (secondary N) is 3. The van der Waals surface area contributed by atoms with E-state index in [9.17, 15) is 9.18 Å². The van der Waals surface area contributed by atoms with Crippen molar-refractivity contribution in [1.29, 1.82) is 0 Å². The second-order valence-corrected chi connectivity index (χ2v) is 3.30. The maximum atomic E-state index is 12.7. The molecule has 0 bridgehead atoms. The summed E-state index contributed by atoms with van der Waals surface area (Å²) in [6.07, 6.45) is 2.47. The lowest BCUT2D eigenvalue weighted by atomic mass is 10.3. The summed E-state index contributed by atoms with van der Waals surface area (Å²) >= 11 is 0. The van der Waals surface area contributed by atoms with Crippen LogP contribution in [0.1, 0.15) is 29.3 Å². The summed E-state index contributed by atoms with van der Waals surface area (Å²) in [6, 6.07) is 0.809. The number of nitrogens with zero attached hydrogens (tertiary/aromatic N) is 2. The molecule has 2 aromatic rings. The molecule has 84 valence electrons. The van der Waals surface area contributed by atoms with Crippen molar-refractivity contribution in [3.63, 3.8) is 0 Å². The molecule has 0 aliphatic rings. The van der Waals surface area contributed by atoms with Gasteiger partial charge >= 0.3 is 0 Å². The van der Waals surface area contributed by atoms with Crippen molar-refractivity contribution in [1.82, 2.24) is 25.5 Å². The van der Waals surface area contributed by atoms with Gasteiger partial charge in [-0.3, -0.25) is 9.89 Å². The van der Waals surface area contributed by atoms with Gasteiger partial charge in [0.05, 0.1) is 6.04 Å². The molecule has 3 N–H and O–H groups in total. The molecule has 2 heterocycles. The van der Waals surface area contributed by atoms with E-state index in [0.717, 1.165) is 12.3 Å². The number of halogens is 1. The van der Waals surface area contributed by atoms with Crippen molar-refractivity contribution in [2.24, 2.45) is 0 Å². The Morgan fingerprint density at radius 2 is 2.44 bits per heavy atom. The first-order valence-corrected chi connectivity index (χ1v) is 4.67. The van der Waals surface area contributed by atoms with Gasteiger partial charge in [0.1, 0.15) is 23.7 Å². The van der Waals surface area contributed by atoms with Crippen LogP contribution < -0.4 is 5.32 Å². The smallest absolute Gasteiger partial charge is 0.268 e. The average Bonchev–Trinajstić information content (AvgIpc) is 2.87. The van der Waals surface area contributed by atoms with Gasteiger partial charge in [-0.15, -0.1) is 0 Å². The molecule has 0 aromatic carbocycles. The zero-order valence-corrected chi connectivity index (χ0v) is 8.49. The monoisotopic (exact) mass is 223 g/mol. The van der Waals surface area contributed by atoms with E-state index in [4.69, 9.17) is 0 Å². The molecule has 0 saturated heterocycles. The van der Waals surface area contributed by atoms with E-state index in [1.807, 2.05) is 0 Å². The van der Waals surface area contributed by atoms with Gasteiger partial charge < -0.3 is 10.3 Å². The van der Waals surface area contributed by atoms with Crippen LogP contribution in [0.5, 0.6) is 0 Å². The van der Waals surface area contributed by atoms with Gasteiger partial charge in [-0.05, 0) is 6.92 Å². The molecule has 1 atom stereocenters. The predicted octanol–water partition coefficient (Wildman–Crippen LogP) is 0.763. The average molecular weight is 223 g/mol. The lowest BCUT2D eigenvalue weighted by molar-refractivity contribution is 0.0934. The fourth-order valence-electron chi connectivity index (χ4n) is 1.27. The molecule has 0 aliphatic carbocycles. The Morgan fingerprint density at radius 1 is 1.62 bits per heavy atom. The summed E-state index contributed by atoms with van der Waals surface area (Å²) < 4.78 is 12.7. The number of amides is 1. The number of carbonyl (C=O) groups excluding carboxylic acids is 1. The maximum Gasteiger partial charge on any atom is 0.268 e. The standard InChI is InChI=1S/C9H10FN5O/c1-5(8-12-4-13-15-8)14-9(16)7-2-6(10)3-11-7/h2-5,11H,1H3,(H,14,16)(H,12,13,15). The summed E-state index contributed by atoms with van der Waals surface area (Å²) in [7, 11) is 0. The highest BCUT2D eigenvalue weighted by Gasteiger charge is 2.14. The number of rotatable bonds is 3. The van der Waals surface area contributed by atoms with Gasteiger partial charge in [0.15, 0.2) is 0 Å². The molecule has 0 fully saturated rings.